The topological polar surface area (TPSA) is 33.8 Å². The lowest BCUT2D eigenvalue weighted by molar-refractivity contribution is -0.556. The van der Waals surface area contributed by atoms with Crippen LogP contribution in [-0.2, 0) is 0 Å². The van der Waals surface area contributed by atoms with Gasteiger partial charge in [-0.15, -0.1) is 0 Å². The molecule has 0 radical (unpaired) electrons. The molecule has 28 heavy (non-hydrogen) atoms. The van der Waals surface area contributed by atoms with Gasteiger partial charge in [0.15, 0.2) is 6.21 Å². The first-order valence-electron chi connectivity index (χ1n) is 9.56. The van der Waals surface area contributed by atoms with E-state index in [1.165, 1.54) is 16.8 Å². The van der Waals surface area contributed by atoms with Crippen LogP contribution in [0.1, 0.15) is 19.4 Å². The number of nitrogens with two attached hydrogens (primary N) is 1. The van der Waals surface area contributed by atoms with Gasteiger partial charge < -0.3 is 10.2 Å². The van der Waals surface area contributed by atoms with Crippen LogP contribution in [0.2, 0.25) is 0 Å². The van der Waals surface area contributed by atoms with Gasteiger partial charge >= 0.3 is 0 Å². The zero-order chi connectivity index (χ0) is 21.2. The highest BCUT2D eigenvalue weighted by molar-refractivity contribution is 7.81. The van der Waals surface area contributed by atoms with Gasteiger partial charge in [0.2, 0.25) is 0 Å². The molecule has 0 heterocycles. The summed E-state index contributed by atoms with van der Waals surface area (Å²) in [5.41, 5.74) is 3.67. The molecule has 154 valence electrons. The van der Waals surface area contributed by atoms with Gasteiger partial charge in [0.05, 0.1) is 13.2 Å². The Kier molecular flexibility index (Phi) is 16.4. The highest BCUT2D eigenvalue weighted by atomic mass is 32.1. The van der Waals surface area contributed by atoms with Crippen LogP contribution in [0.5, 0.6) is 0 Å². The van der Waals surface area contributed by atoms with Gasteiger partial charge in [-0.25, -0.2) is 0 Å². The first-order valence-corrected chi connectivity index (χ1v) is 10.7. The molecule has 0 bridgehead atoms. The van der Waals surface area contributed by atoms with Crippen LogP contribution in [-0.4, -0.2) is 44.9 Å². The Morgan fingerprint density at radius 1 is 1.29 bits per heavy atom. The minimum Gasteiger partial charge on any atom is -0.373 e. The molecule has 0 fully saturated rings. The number of nitrogens with zero attached hydrogens (tertiary/aromatic N) is 1. The maximum Gasteiger partial charge on any atom is 0.161 e. The third-order valence-corrected chi connectivity index (χ3v) is 4.08. The van der Waals surface area contributed by atoms with E-state index in [-0.39, 0.29) is 0 Å². The van der Waals surface area contributed by atoms with Gasteiger partial charge in [-0.3, -0.25) is 4.99 Å². The monoisotopic (exact) mass is 419 g/mol. The molecule has 1 aromatic carbocycles. The zero-order valence-electron chi connectivity index (χ0n) is 17.8. The fraction of sp³-hybridized carbons (Fsp3) is 0.348. The molecule has 0 saturated carbocycles. The minimum atomic E-state index is 0.347. The van der Waals surface area contributed by atoms with E-state index in [1.807, 2.05) is 44.7 Å². The molecule has 0 aliphatic carbocycles. The average molecular weight is 420 g/mol. The van der Waals surface area contributed by atoms with E-state index >= 15 is 0 Å². The second-order valence-corrected chi connectivity index (χ2v) is 7.36. The highest BCUT2D eigenvalue weighted by Gasteiger charge is 2.03. The standard InChI is InChI=1S/C17H24N2S.C6H11NS/c1-4-15(11-12-18-2)9-10-16-7-5-6-8-17(16)19(3)13-14-20;1-6(8)4-3-5-7-2/h4-12,18,20H,13-14H2,1-3H3;3-6,8H,1-2H3/p+2/b10-9+,12-11-,15-4-;4-3-,7-5?. The summed E-state index contributed by atoms with van der Waals surface area (Å²) in [7, 11) is 5.99. The number of hydrogen-bond donors (Lipinski definition) is 4. The first-order chi connectivity index (χ1) is 13.5. The second-order valence-electron chi connectivity index (χ2n) is 6.10. The van der Waals surface area contributed by atoms with Gasteiger partial charge in [0.1, 0.15) is 7.05 Å². The smallest absolute Gasteiger partial charge is 0.161 e. The van der Waals surface area contributed by atoms with Crippen molar-refractivity contribution in [1.82, 2.24) is 0 Å². The SMILES string of the molecule is C/C=C(\C=C/[NH2+]C)/C=C/c1ccccc1N(C)CCS.C[NH+]=C/C=C\C(C)S. The van der Waals surface area contributed by atoms with Gasteiger partial charge in [-0.2, -0.15) is 25.3 Å². The molecule has 0 aromatic heterocycles. The summed E-state index contributed by atoms with van der Waals surface area (Å²) in [5.74, 6) is 0.851. The number of thiol groups is 2. The van der Waals surface area contributed by atoms with Crippen molar-refractivity contribution in [3.05, 3.63) is 72.0 Å². The lowest BCUT2D eigenvalue weighted by Crippen LogP contribution is -2.72. The number of quaternary nitrogens is 1. The van der Waals surface area contributed by atoms with Crippen molar-refractivity contribution in [2.45, 2.75) is 19.1 Å². The summed E-state index contributed by atoms with van der Waals surface area (Å²) in [4.78, 5) is 5.11. The summed E-state index contributed by atoms with van der Waals surface area (Å²) < 4.78 is 0. The van der Waals surface area contributed by atoms with Crippen molar-refractivity contribution in [2.24, 2.45) is 0 Å². The third-order valence-electron chi connectivity index (χ3n) is 3.71. The Morgan fingerprint density at radius 3 is 2.57 bits per heavy atom. The molecule has 1 aromatic rings. The fourth-order valence-electron chi connectivity index (χ4n) is 2.20. The second kappa shape index (κ2) is 17.4. The van der Waals surface area contributed by atoms with Gasteiger partial charge in [0.25, 0.3) is 0 Å². The predicted molar refractivity (Wildman–Crippen MR) is 134 cm³/mol. The van der Waals surface area contributed by atoms with Gasteiger partial charge in [0, 0.05) is 30.3 Å². The van der Waals surface area contributed by atoms with Crippen LogP contribution in [0.15, 0.2) is 66.4 Å². The molecule has 3 nitrogen and oxygen atoms in total. The van der Waals surface area contributed by atoms with Gasteiger partial charge in [-0.1, -0.05) is 42.5 Å². The van der Waals surface area contributed by atoms with Crippen molar-refractivity contribution in [2.75, 3.05) is 38.3 Å². The molecule has 0 amide bonds. The van der Waals surface area contributed by atoms with Crippen molar-refractivity contribution < 1.29 is 10.3 Å². The molecule has 0 saturated heterocycles. The van der Waals surface area contributed by atoms with E-state index in [0.29, 0.717) is 5.25 Å². The molecule has 0 aliphatic rings. The van der Waals surface area contributed by atoms with Crippen LogP contribution >= 0.6 is 25.3 Å². The van der Waals surface area contributed by atoms with E-state index in [1.54, 1.807) is 0 Å². The largest absolute Gasteiger partial charge is 0.373 e. The van der Waals surface area contributed by atoms with Crippen molar-refractivity contribution in [1.29, 1.82) is 0 Å². The Bertz CT molecular complexity index is 674. The average Bonchev–Trinajstić information content (AvgIpc) is 2.69. The van der Waals surface area contributed by atoms with E-state index in [0.717, 1.165) is 12.3 Å². The quantitative estimate of drug-likeness (QED) is 0.277. The lowest BCUT2D eigenvalue weighted by atomic mass is 10.1. The zero-order valence-corrected chi connectivity index (χ0v) is 19.6. The van der Waals surface area contributed by atoms with Crippen LogP contribution in [0.3, 0.4) is 0 Å². The molecule has 5 heteroatoms. The molecule has 1 unspecified atom stereocenters. The molecule has 1 rings (SSSR count). The Balaban J connectivity index is 0.000000769. The van der Waals surface area contributed by atoms with Crippen LogP contribution in [0.25, 0.3) is 6.08 Å². The normalized spacial score (nSPS) is 13.5. The fourth-order valence-corrected chi connectivity index (χ4v) is 2.60. The number of benzene rings is 1. The maximum atomic E-state index is 4.30. The molecular formula is C23H37N3S2+2. The van der Waals surface area contributed by atoms with Crippen LogP contribution in [0.4, 0.5) is 5.69 Å². The van der Waals surface area contributed by atoms with Crippen molar-refractivity contribution in [3.63, 3.8) is 0 Å². The molecule has 3 N–H and O–H groups in total. The van der Waals surface area contributed by atoms with Crippen molar-refractivity contribution >= 4 is 43.2 Å². The van der Waals surface area contributed by atoms with E-state index < -0.39 is 0 Å². The van der Waals surface area contributed by atoms with E-state index in [2.05, 4.69) is 104 Å². The summed E-state index contributed by atoms with van der Waals surface area (Å²) >= 11 is 8.44. The summed E-state index contributed by atoms with van der Waals surface area (Å²) in [5, 5.41) is 2.38. The Morgan fingerprint density at radius 2 is 2.00 bits per heavy atom. The number of allylic oxidation sites excluding steroid dienone is 5. The number of anilines is 1. The van der Waals surface area contributed by atoms with Gasteiger partial charge in [-0.05, 0) is 43.2 Å². The van der Waals surface area contributed by atoms with Crippen LogP contribution < -0.4 is 15.2 Å². The van der Waals surface area contributed by atoms with Crippen LogP contribution in [0, 0.1) is 0 Å². The Hall–Kier alpha value is -1.69. The molecule has 0 spiro atoms. The Labute approximate surface area is 182 Å². The maximum absolute atomic E-state index is 4.30. The molecular weight excluding hydrogens is 382 g/mol. The number of nitrogens with one attached hydrogen (secondary N) is 1. The first kappa shape index (κ1) is 26.3. The van der Waals surface area contributed by atoms with Crippen molar-refractivity contribution in [3.8, 4) is 0 Å². The summed E-state index contributed by atoms with van der Waals surface area (Å²) in [6, 6.07) is 8.44. The number of hydrogen-bond acceptors (Lipinski definition) is 3. The molecule has 0 aliphatic heterocycles. The highest BCUT2D eigenvalue weighted by Crippen LogP contribution is 2.21. The summed E-state index contributed by atoms with van der Waals surface area (Å²) in [6.07, 6.45) is 16.4. The van der Waals surface area contributed by atoms with E-state index in [9.17, 15) is 0 Å². The molecule has 1 atom stereocenters. The predicted octanol–water partition coefficient (Wildman–Crippen LogP) is 2.36. The summed E-state index contributed by atoms with van der Waals surface area (Å²) in [6.45, 7) is 5.01. The minimum absolute atomic E-state index is 0.347. The third kappa shape index (κ3) is 12.7. The number of rotatable bonds is 9. The van der Waals surface area contributed by atoms with E-state index in [4.69, 9.17) is 0 Å². The lowest BCUT2D eigenvalue weighted by Gasteiger charge is -2.20. The number of para-hydroxylation sites is 1.